The van der Waals surface area contributed by atoms with Gasteiger partial charge in [-0.3, -0.25) is 19.7 Å². The quantitative estimate of drug-likeness (QED) is 0.108. The highest BCUT2D eigenvalue weighted by molar-refractivity contribution is 7.21. The zero-order valence-electron chi connectivity index (χ0n) is 30.1. The summed E-state index contributed by atoms with van der Waals surface area (Å²) >= 11 is 2.95. The molecule has 4 N–H and O–H groups in total. The summed E-state index contributed by atoms with van der Waals surface area (Å²) in [5.41, 5.74) is 7.30. The Morgan fingerprint density at radius 2 is 1.38 bits per heavy atom. The molecule has 4 heterocycles. The van der Waals surface area contributed by atoms with Gasteiger partial charge in [-0.15, -0.1) is 22.7 Å². The second kappa shape index (κ2) is 16.1. The van der Waals surface area contributed by atoms with E-state index in [-0.39, 0.29) is 41.2 Å². The number of nitrogens with zero attached hydrogens (tertiary/aromatic N) is 4. The number of benzene rings is 2. The van der Waals surface area contributed by atoms with Crippen LogP contribution in [0.2, 0.25) is 0 Å². The molecule has 0 bridgehead atoms. The van der Waals surface area contributed by atoms with Crippen LogP contribution in [0.4, 0.5) is 16.3 Å². The summed E-state index contributed by atoms with van der Waals surface area (Å²) in [5, 5.41) is 13.0. The number of thiophene rings is 2. The number of amides is 1. The summed E-state index contributed by atoms with van der Waals surface area (Å²) in [5.74, 6) is -0.448. The number of imidazole rings is 2. The molecule has 0 fully saturated rings. The van der Waals surface area contributed by atoms with E-state index in [1.807, 2.05) is 48.5 Å². The minimum Gasteiger partial charge on any atom is -0.475 e. The second-order valence-electron chi connectivity index (χ2n) is 12.9. The second-order valence-corrected chi connectivity index (χ2v) is 15.1. The lowest BCUT2D eigenvalue weighted by atomic mass is 10.1. The lowest BCUT2D eigenvalue weighted by Gasteiger charge is -2.18. The highest BCUT2D eigenvalue weighted by Gasteiger charge is 2.20. The van der Waals surface area contributed by atoms with Crippen LogP contribution in [0.3, 0.4) is 0 Å². The van der Waals surface area contributed by atoms with E-state index in [1.165, 1.54) is 27.2 Å². The van der Waals surface area contributed by atoms with Crippen LogP contribution in [0, 0.1) is 6.92 Å². The fourth-order valence-corrected chi connectivity index (χ4v) is 6.76. The van der Waals surface area contributed by atoms with Gasteiger partial charge in [0.05, 0.1) is 15.4 Å². The van der Waals surface area contributed by atoms with E-state index in [0.717, 1.165) is 42.0 Å². The topological polar surface area (TPSA) is 188 Å². The standard InChI is InChI=1S/C21H23N3O4S.C10H9NOS.C6H8N2O2/c1-12(25)17-10-14-8-13(6-7-16(14)29-17)9-15(26)19-22-18(11-24(19)5)23-20(27)28-21(2,3)4;1-6(12)10-5-7-4-8(11)2-3-9(7)13-10;1-4-3-8(2)5(7-4)6(9)10/h6-8,10-11H,9H2,1-5H3,(H,23,27);2-5H,11H2,1H3;3H,1-2H3,(H,9,10). The molecule has 52 heavy (non-hydrogen) atoms. The Balaban J connectivity index is 0.000000214. The molecule has 2 aromatic carbocycles. The summed E-state index contributed by atoms with van der Waals surface area (Å²) in [7, 11) is 3.35. The van der Waals surface area contributed by atoms with Crippen LogP contribution in [-0.2, 0) is 25.3 Å². The monoisotopic (exact) mass is 744 g/mol. The van der Waals surface area contributed by atoms with Gasteiger partial charge < -0.3 is 24.7 Å². The third kappa shape index (κ3) is 10.4. The molecule has 0 aliphatic heterocycles. The molecule has 1 amide bonds. The number of nitrogen functional groups attached to an aromatic ring is 1. The lowest BCUT2D eigenvalue weighted by Crippen LogP contribution is -2.27. The van der Waals surface area contributed by atoms with Crippen molar-refractivity contribution in [3.63, 3.8) is 0 Å². The van der Waals surface area contributed by atoms with E-state index in [2.05, 4.69) is 15.3 Å². The Labute approximate surface area is 308 Å². The molecule has 0 aliphatic carbocycles. The number of nitrogens with two attached hydrogens (primary N) is 1. The van der Waals surface area contributed by atoms with Crippen molar-refractivity contribution >= 4 is 83.8 Å². The zero-order valence-corrected chi connectivity index (χ0v) is 31.7. The van der Waals surface area contributed by atoms with E-state index in [4.69, 9.17) is 15.6 Å². The van der Waals surface area contributed by atoms with E-state index in [9.17, 15) is 24.0 Å². The maximum Gasteiger partial charge on any atom is 0.413 e. The summed E-state index contributed by atoms with van der Waals surface area (Å²) in [4.78, 5) is 67.1. The van der Waals surface area contributed by atoms with Crippen LogP contribution in [0.5, 0.6) is 0 Å². The molecule has 0 radical (unpaired) electrons. The maximum atomic E-state index is 12.7. The van der Waals surface area contributed by atoms with E-state index < -0.39 is 17.7 Å². The number of anilines is 2. The van der Waals surface area contributed by atoms with Crippen molar-refractivity contribution in [2.45, 2.75) is 53.6 Å². The van der Waals surface area contributed by atoms with Crippen molar-refractivity contribution in [1.29, 1.82) is 0 Å². The van der Waals surface area contributed by atoms with Crippen molar-refractivity contribution < 1.29 is 33.8 Å². The van der Waals surface area contributed by atoms with Crippen LogP contribution >= 0.6 is 22.7 Å². The molecule has 0 saturated heterocycles. The largest absolute Gasteiger partial charge is 0.475 e. The molecule has 0 aliphatic rings. The number of carbonyl (C=O) groups is 5. The van der Waals surface area contributed by atoms with Gasteiger partial charge in [0.2, 0.25) is 11.6 Å². The summed E-state index contributed by atoms with van der Waals surface area (Å²) < 4.78 is 10.4. The number of nitrogens with one attached hydrogen (secondary N) is 1. The van der Waals surface area contributed by atoms with Gasteiger partial charge in [-0.2, -0.15) is 0 Å². The number of ether oxygens (including phenoxy) is 1. The van der Waals surface area contributed by atoms with Crippen LogP contribution in [0.1, 0.15) is 86.5 Å². The number of aryl methyl sites for hydroxylation is 3. The zero-order chi connectivity index (χ0) is 38.5. The smallest absolute Gasteiger partial charge is 0.413 e. The molecule has 272 valence electrons. The molecule has 0 unspecified atom stereocenters. The van der Waals surface area contributed by atoms with Gasteiger partial charge in [0.25, 0.3) is 0 Å². The Kier molecular flexibility index (Phi) is 12.1. The molecule has 15 heteroatoms. The van der Waals surface area contributed by atoms with Gasteiger partial charge in [0.1, 0.15) is 5.60 Å². The summed E-state index contributed by atoms with van der Waals surface area (Å²) in [6, 6.07) is 15.1. The van der Waals surface area contributed by atoms with Crippen molar-refractivity contribution in [3.8, 4) is 0 Å². The SMILES string of the molecule is CC(=O)c1cc2cc(CC(=O)c3nc(NC(=O)OC(C)(C)C)cn3C)ccc2s1.CC(=O)c1cc2cc(N)ccc2s1.Cc1cn(C)c(C(=O)O)n1. The van der Waals surface area contributed by atoms with Crippen molar-refractivity contribution in [3.05, 3.63) is 93.6 Å². The van der Waals surface area contributed by atoms with Gasteiger partial charge in [-0.25, -0.2) is 19.6 Å². The predicted octanol–water partition coefficient (Wildman–Crippen LogP) is 7.72. The molecule has 6 aromatic rings. The molecule has 0 saturated carbocycles. The average molecular weight is 745 g/mol. The van der Waals surface area contributed by atoms with Crippen LogP contribution < -0.4 is 11.1 Å². The predicted molar refractivity (Wildman–Crippen MR) is 204 cm³/mol. The van der Waals surface area contributed by atoms with Crippen LogP contribution in [0.25, 0.3) is 20.2 Å². The molecular formula is C37H40N6O7S2. The number of hydrogen-bond donors (Lipinski definition) is 3. The first kappa shape index (κ1) is 39.1. The number of aromatic carboxylic acids is 1. The first-order valence-electron chi connectivity index (χ1n) is 15.9. The number of Topliss-reactive ketones (excluding diaryl/α,β-unsaturated/α-hetero) is 3. The number of carbonyl (C=O) groups excluding carboxylic acids is 4. The number of hydrogen-bond acceptors (Lipinski definition) is 11. The number of carboxylic acids is 1. The van der Waals surface area contributed by atoms with Gasteiger partial charge in [0.15, 0.2) is 23.2 Å². The first-order valence-corrected chi connectivity index (χ1v) is 17.6. The highest BCUT2D eigenvalue weighted by Crippen LogP contribution is 2.28. The normalized spacial score (nSPS) is 10.9. The molecule has 6 rings (SSSR count). The third-order valence-electron chi connectivity index (χ3n) is 7.12. The van der Waals surface area contributed by atoms with Gasteiger partial charge in [-0.1, -0.05) is 6.07 Å². The highest BCUT2D eigenvalue weighted by atomic mass is 32.1. The van der Waals surface area contributed by atoms with Gasteiger partial charge in [0, 0.05) is 48.0 Å². The van der Waals surface area contributed by atoms with Crippen LogP contribution in [0.15, 0.2) is 60.9 Å². The fourth-order valence-electron chi connectivity index (χ4n) is 4.88. The van der Waals surface area contributed by atoms with E-state index in [1.54, 1.807) is 72.6 Å². The first-order chi connectivity index (χ1) is 24.3. The van der Waals surface area contributed by atoms with Crippen molar-refractivity contribution in [2.75, 3.05) is 11.1 Å². The minimum absolute atomic E-state index is 0.0295. The molecular weight excluding hydrogens is 705 g/mol. The number of carboxylic acid groups (broad SMARTS) is 1. The van der Waals surface area contributed by atoms with Gasteiger partial charge >= 0.3 is 12.1 Å². The number of aromatic nitrogens is 4. The number of fused-ring (bicyclic) bond motifs is 2. The van der Waals surface area contributed by atoms with Crippen molar-refractivity contribution in [1.82, 2.24) is 19.1 Å². The fraction of sp³-hybridized carbons (Fsp3) is 0.270. The van der Waals surface area contributed by atoms with E-state index >= 15 is 0 Å². The molecule has 0 atom stereocenters. The van der Waals surface area contributed by atoms with Gasteiger partial charge in [-0.05, 0) is 100 Å². The molecule has 0 spiro atoms. The summed E-state index contributed by atoms with van der Waals surface area (Å²) in [6.45, 7) is 10.2. The Bertz CT molecular complexity index is 2310. The molecule has 4 aromatic heterocycles. The Morgan fingerprint density at radius 1 is 0.827 bits per heavy atom. The third-order valence-corrected chi connectivity index (χ3v) is 9.56. The average Bonchev–Trinajstić information content (AvgIpc) is 3.81. The van der Waals surface area contributed by atoms with Crippen LogP contribution in [-0.4, -0.2) is 59.2 Å². The molecule has 13 nitrogen and oxygen atoms in total. The lowest BCUT2D eigenvalue weighted by molar-refractivity contribution is 0.0632. The van der Waals surface area contributed by atoms with E-state index in [0.29, 0.717) is 4.88 Å². The number of rotatable bonds is 7. The Hall–Kier alpha value is -5.67. The minimum atomic E-state index is -0.990. The summed E-state index contributed by atoms with van der Waals surface area (Å²) in [6.07, 6.45) is 2.78. The Morgan fingerprint density at radius 3 is 1.88 bits per heavy atom. The number of ketones is 3. The van der Waals surface area contributed by atoms with Crippen molar-refractivity contribution in [2.24, 2.45) is 14.1 Å². The maximum absolute atomic E-state index is 12.7.